The maximum Gasteiger partial charge on any atom is 0.228 e. The third kappa shape index (κ3) is 3.09. The number of carbonyl (C=O) groups is 2. The Balaban J connectivity index is 1.42. The van der Waals surface area contributed by atoms with Gasteiger partial charge in [0.05, 0.1) is 11.6 Å². The molecule has 2 aliphatic rings. The first kappa shape index (κ1) is 16.8. The monoisotopic (exact) mass is 353 g/mol. The lowest BCUT2D eigenvalue weighted by atomic mass is 10.0. The van der Waals surface area contributed by atoms with Crippen LogP contribution < -0.4 is 0 Å². The van der Waals surface area contributed by atoms with Crippen LogP contribution in [0.25, 0.3) is 0 Å². The van der Waals surface area contributed by atoms with Crippen LogP contribution in [0, 0.1) is 5.92 Å². The van der Waals surface area contributed by atoms with E-state index in [1.165, 1.54) is 0 Å². The maximum atomic E-state index is 13.0. The second-order valence-corrected chi connectivity index (χ2v) is 7.02. The summed E-state index contributed by atoms with van der Waals surface area (Å²) >= 11 is 0. The summed E-state index contributed by atoms with van der Waals surface area (Å²) in [6.07, 6.45) is 5.41. The number of hydrogen-bond acceptors (Lipinski definition) is 4. The number of pyridine rings is 1. The van der Waals surface area contributed by atoms with Gasteiger partial charge in [-0.1, -0.05) is 6.92 Å². The standard InChI is InChI=1S/C19H23N5O2/c1-2-16-15-12-23(8-5-17(15)22-21-16)19(26)14-9-18(25)24(11-14)10-13-3-6-20-7-4-13/h3-4,6-7,14H,2,5,8-12H2,1H3,(H,21,22)/t14-/m0/s1. The van der Waals surface area contributed by atoms with Crippen molar-refractivity contribution in [2.75, 3.05) is 13.1 Å². The molecule has 0 radical (unpaired) electrons. The Morgan fingerprint density at radius 1 is 1.35 bits per heavy atom. The van der Waals surface area contributed by atoms with E-state index in [1.54, 1.807) is 17.3 Å². The minimum Gasteiger partial charge on any atom is -0.338 e. The van der Waals surface area contributed by atoms with Crippen LogP contribution in [0.5, 0.6) is 0 Å². The second-order valence-electron chi connectivity index (χ2n) is 7.02. The van der Waals surface area contributed by atoms with Gasteiger partial charge in [-0.15, -0.1) is 0 Å². The molecule has 0 aliphatic carbocycles. The first-order valence-electron chi connectivity index (χ1n) is 9.16. The van der Waals surface area contributed by atoms with E-state index in [0.717, 1.165) is 35.4 Å². The summed E-state index contributed by atoms with van der Waals surface area (Å²) in [7, 11) is 0. The number of aromatic nitrogens is 3. The number of carbonyl (C=O) groups excluding carboxylic acids is 2. The lowest BCUT2D eigenvalue weighted by Gasteiger charge is -2.29. The van der Waals surface area contributed by atoms with E-state index >= 15 is 0 Å². The number of nitrogens with zero attached hydrogens (tertiary/aromatic N) is 4. The molecule has 2 amide bonds. The molecule has 1 atom stereocenters. The van der Waals surface area contributed by atoms with Crippen molar-refractivity contribution in [2.24, 2.45) is 5.92 Å². The zero-order valence-corrected chi connectivity index (χ0v) is 14.9. The number of hydrogen-bond donors (Lipinski definition) is 1. The van der Waals surface area contributed by atoms with Crippen LogP contribution in [-0.4, -0.2) is 49.9 Å². The molecule has 7 heteroatoms. The Hall–Kier alpha value is -2.70. The molecule has 7 nitrogen and oxygen atoms in total. The predicted octanol–water partition coefficient (Wildman–Crippen LogP) is 1.30. The summed E-state index contributed by atoms with van der Waals surface area (Å²) in [5.41, 5.74) is 4.38. The number of H-pyrrole nitrogens is 1. The van der Waals surface area contributed by atoms with Gasteiger partial charge in [0.1, 0.15) is 0 Å². The zero-order valence-electron chi connectivity index (χ0n) is 14.9. The second kappa shape index (κ2) is 6.90. The SMILES string of the molecule is CCc1n[nH]c2c1CN(C(=O)[C@H]1CC(=O)N(Cc3ccncc3)C1)CC2. The highest BCUT2D eigenvalue weighted by Crippen LogP contribution is 2.26. The van der Waals surface area contributed by atoms with E-state index in [2.05, 4.69) is 22.1 Å². The number of aryl methyl sites for hydroxylation is 1. The molecule has 0 unspecified atom stereocenters. The van der Waals surface area contributed by atoms with E-state index in [4.69, 9.17) is 0 Å². The highest BCUT2D eigenvalue weighted by molar-refractivity contribution is 5.89. The fourth-order valence-electron chi connectivity index (χ4n) is 3.89. The molecule has 2 aromatic rings. The molecule has 0 aromatic carbocycles. The van der Waals surface area contributed by atoms with Gasteiger partial charge >= 0.3 is 0 Å². The van der Waals surface area contributed by atoms with E-state index in [1.807, 2.05) is 17.0 Å². The predicted molar refractivity (Wildman–Crippen MR) is 94.8 cm³/mol. The van der Waals surface area contributed by atoms with Crippen molar-refractivity contribution in [1.82, 2.24) is 25.0 Å². The summed E-state index contributed by atoms with van der Waals surface area (Å²) in [6.45, 7) is 4.39. The van der Waals surface area contributed by atoms with Gasteiger partial charge in [-0.3, -0.25) is 19.7 Å². The smallest absolute Gasteiger partial charge is 0.228 e. The van der Waals surface area contributed by atoms with Gasteiger partial charge in [0, 0.05) is 62.7 Å². The largest absolute Gasteiger partial charge is 0.338 e. The maximum absolute atomic E-state index is 13.0. The van der Waals surface area contributed by atoms with Crippen molar-refractivity contribution in [2.45, 2.75) is 39.3 Å². The molecular weight excluding hydrogens is 330 g/mol. The Labute approximate surface area is 152 Å². The summed E-state index contributed by atoms with van der Waals surface area (Å²) in [6, 6.07) is 3.81. The first-order chi connectivity index (χ1) is 12.7. The van der Waals surface area contributed by atoms with E-state index < -0.39 is 0 Å². The van der Waals surface area contributed by atoms with Crippen molar-refractivity contribution in [3.8, 4) is 0 Å². The topological polar surface area (TPSA) is 82.2 Å². The highest BCUT2D eigenvalue weighted by Gasteiger charge is 2.37. The molecule has 0 spiro atoms. The molecule has 0 bridgehead atoms. The van der Waals surface area contributed by atoms with Crippen LogP contribution in [0.3, 0.4) is 0 Å². The van der Waals surface area contributed by atoms with Crippen molar-refractivity contribution >= 4 is 11.8 Å². The van der Waals surface area contributed by atoms with Crippen molar-refractivity contribution in [1.29, 1.82) is 0 Å². The van der Waals surface area contributed by atoms with Gasteiger partial charge < -0.3 is 9.80 Å². The molecule has 1 saturated heterocycles. The number of fused-ring (bicyclic) bond motifs is 1. The van der Waals surface area contributed by atoms with Crippen LogP contribution in [0.2, 0.25) is 0 Å². The lowest BCUT2D eigenvalue weighted by molar-refractivity contribution is -0.136. The highest BCUT2D eigenvalue weighted by atomic mass is 16.2. The van der Waals surface area contributed by atoms with E-state index in [-0.39, 0.29) is 17.7 Å². The van der Waals surface area contributed by atoms with Gasteiger partial charge in [-0.2, -0.15) is 5.10 Å². The molecule has 1 fully saturated rings. The van der Waals surface area contributed by atoms with Gasteiger partial charge in [0.15, 0.2) is 0 Å². The van der Waals surface area contributed by atoms with Gasteiger partial charge in [-0.25, -0.2) is 0 Å². The van der Waals surface area contributed by atoms with Crippen LogP contribution >= 0.6 is 0 Å². The van der Waals surface area contributed by atoms with Gasteiger partial charge in [0.2, 0.25) is 11.8 Å². The third-order valence-electron chi connectivity index (χ3n) is 5.35. The first-order valence-corrected chi connectivity index (χ1v) is 9.16. The number of rotatable bonds is 4. The third-order valence-corrected chi connectivity index (χ3v) is 5.35. The van der Waals surface area contributed by atoms with Gasteiger partial charge in [0.25, 0.3) is 0 Å². The Morgan fingerprint density at radius 2 is 2.15 bits per heavy atom. The lowest BCUT2D eigenvalue weighted by Crippen LogP contribution is -2.40. The summed E-state index contributed by atoms with van der Waals surface area (Å²) < 4.78 is 0. The molecule has 2 aromatic heterocycles. The van der Waals surface area contributed by atoms with E-state index in [9.17, 15) is 9.59 Å². The molecule has 1 N–H and O–H groups in total. The minimum absolute atomic E-state index is 0.0513. The fourth-order valence-corrected chi connectivity index (χ4v) is 3.89. The average molecular weight is 353 g/mol. The van der Waals surface area contributed by atoms with Crippen LogP contribution in [0.4, 0.5) is 0 Å². The van der Waals surface area contributed by atoms with Crippen LogP contribution in [0.1, 0.15) is 35.9 Å². The molecule has 4 heterocycles. The molecule has 4 rings (SSSR count). The Kier molecular flexibility index (Phi) is 4.44. The number of amides is 2. The average Bonchev–Trinajstić information content (AvgIpc) is 3.25. The summed E-state index contributed by atoms with van der Waals surface area (Å²) in [5.74, 6) is -0.109. The molecule has 2 aliphatic heterocycles. The van der Waals surface area contributed by atoms with Crippen molar-refractivity contribution in [3.05, 3.63) is 47.0 Å². The zero-order chi connectivity index (χ0) is 18.1. The van der Waals surface area contributed by atoms with Gasteiger partial charge in [-0.05, 0) is 24.1 Å². The number of aromatic amines is 1. The number of nitrogens with one attached hydrogen (secondary N) is 1. The molecular formula is C19H23N5O2. The summed E-state index contributed by atoms with van der Waals surface area (Å²) in [5, 5.41) is 7.44. The summed E-state index contributed by atoms with van der Waals surface area (Å²) in [4.78, 5) is 33.0. The van der Waals surface area contributed by atoms with Crippen LogP contribution in [0.15, 0.2) is 24.5 Å². The van der Waals surface area contributed by atoms with E-state index in [0.29, 0.717) is 32.6 Å². The minimum atomic E-state index is -0.247. The Bertz CT molecular complexity index is 803. The molecule has 26 heavy (non-hydrogen) atoms. The molecule has 0 saturated carbocycles. The van der Waals surface area contributed by atoms with Crippen LogP contribution in [-0.2, 0) is 35.5 Å². The fraction of sp³-hybridized carbons (Fsp3) is 0.474. The number of likely N-dealkylation sites (tertiary alicyclic amines) is 1. The van der Waals surface area contributed by atoms with Crippen molar-refractivity contribution in [3.63, 3.8) is 0 Å². The normalized spacial score (nSPS) is 19.7. The van der Waals surface area contributed by atoms with Crippen molar-refractivity contribution < 1.29 is 9.59 Å². The molecule has 136 valence electrons. The Morgan fingerprint density at radius 3 is 2.92 bits per heavy atom. The quantitative estimate of drug-likeness (QED) is 0.898.